The van der Waals surface area contributed by atoms with E-state index in [9.17, 15) is 14.4 Å². The minimum Gasteiger partial charge on any atom is -0.497 e. The van der Waals surface area contributed by atoms with Gasteiger partial charge in [0.1, 0.15) is 17.2 Å². The Morgan fingerprint density at radius 1 is 0.800 bits per heavy atom. The summed E-state index contributed by atoms with van der Waals surface area (Å²) in [4.78, 5) is 36.4. The van der Waals surface area contributed by atoms with Crippen LogP contribution in [0, 0.1) is 0 Å². The van der Waals surface area contributed by atoms with Gasteiger partial charge >= 0.3 is 11.9 Å². The number of ether oxygens (including phenoxy) is 4. The largest absolute Gasteiger partial charge is 0.497 e. The quantitative estimate of drug-likeness (QED) is 0.316. The lowest BCUT2D eigenvalue weighted by Crippen LogP contribution is -2.14. The number of benzene rings is 2. The minimum absolute atomic E-state index is 0.0660. The number of Topliss-reactive ketones (excluding diaryl/α,β-unsaturated/α-hetero) is 1. The predicted molar refractivity (Wildman–Crippen MR) is 104 cm³/mol. The van der Waals surface area contributed by atoms with E-state index in [1.165, 1.54) is 62.9 Å². The van der Waals surface area contributed by atoms with Crippen molar-refractivity contribution in [3.05, 3.63) is 77.7 Å². The van der Waals surface area contributed by atoms with Crippen molar-refractivity contribution in [3.63, 3.8) is 0 Å². The van der Waals surface area contributed by atoms with Gasteiger partial charge < -0.3 is 23.4 Å². The molecular formula is C22H18O8. The Morgan fingerprint density at radius 3 is 2.03 bits per heavy atom. The second-order valence-electron chi connectivity index (χ2n) is 5.99. The van der Waals surface area contributed by atoms with Crippen LogP contribution in [-0.4, -0.2) is 38.5 Å². The molecule has 0 fully saturated rings. The van der Waals surface area contributed by atoms with Gasteiger partial charge in [0, 0.05) is 11.6 Å². The first-order chi connectivity index (χ1) is 14.5. The van der Waals surface area contributed by atoms with Gasteiger partial charge in [0.25, 0.3) is 0 Å². The molecule has 0 N–H and O–H groups in total. The molecule has 0 aliphatic heterocycles. The van der Waals surface area contributed by atoms with E-state index >= 15 is 0 Å². The van der Waals surface area contributed by atoms with E-state index in [1.54, 1.807) is 12.1 Å². The summed E-state index contributed by atoms with van der Waals surface area (Å²) in [6.07, 6.45) is 1.36. The SMILES string of the molecule is COc1cc(OC)cc(C(=O)OCC(=O)c2ccc(OC(=O)c3ccco3)cc2)c1. The third-order valence-electron chi connectivity index (χ3n) is 4.03. The molecule has 8 heteroatoms. The molecule has 8 nitrogen and oxygen atoms in total. The Bertz CT molecular complexity index is 1010. The van der Waals surface area contributed by atoms with Crippen molar-refractivity contribution in [2.45, 2.75) is 0 Å². The molecule has 30 heavy (non-hydrogen) atoms. The standard InChI is InChI=1S/C22H18O8/c1-26-17-10-15(11-18(12-17)27-2)21(24)29-13-19(23)14-5-7-16(8-6-14)30-22(25)20-4-3-9-28-20/h3-12H,13H2,1-2H3. The number of furan rings is 1. The van der Waals surface area contributed by atoms with E-state index in [1.807, 2.05) is 0 Å². The molecule has 0 aliphatic carbocycles. The molecule has 3 aromatic rings. The van der Waals surface area contributed by atoms with Crippen molar-refractivity contribution in [1.29, 1.82) is 0 Å². The number of methoxy groups -OCH3 is 2. The number of hydrogen-bond acceptors (Lipinski definition) is 8. The number of rotatable bonds is 8. The predicted octanol–water partition coefficient (Wildman–Crippen LogP) is 3.56. The molecule has 0 amide bonds. The third kappa shape index (κ3) is 5.05. The topological polar surface area (TPSA) is 101 Å². The second-order valence-corrected chi connectivity index (χ2v) is 5.99. The van der Waals surface area contributed by atoms with Crippen LogP contribution in [-0.2, 0) is 4.74 Å². The first-order valence-electron chi connectivity index (χ1n) is 8.79. The summed E-state index contributed by atoms with van der Waals surface area (Å²) >= 11 is 0. The lowest BCUT2D eigenvalue weighted by atomic mass is 10.1. The molecule has 154 valence electrons. The van der Waals surface area contributed by atoms with E-state index in [2.05, 4.69) is 0 Å². The van der Waals surface area contributed by atoms with E-state index < -0.39 is 24.3 Å². The second kappa shape index (κ2) is 9.42. The van der Waals surface area contributed by atoms with Gasteiger partial charge in [0.2, 0.25) is 5.76 Å². The zero-order valence-corrected chi connectivity index (χ0v) is 16.2. The monoisotopic (exact) mass is 410 g/mol. The fourth-order valence-electron chi connectivity index (χ4n) is 2.48. The Labute approximate surface area is 171 Å². The molecule has 0 saturated carbocycles. The van der Waals surface area contributed by atoms with Crippen LogP contribution < -0.4 is 14.2 Å². The van der Waals surface area contributed by atoms with Crippen LogP contribution in [0.25, 0.3) is 0 Å². The van der Waals surface area contributed by atoms with Crippen LogP contribution in [0.4, 0.5) is 0 Å². The highest BCUT2D eigenvalue weighted by atomic mass is 16.5. The van der Waals surface area contributed by atoms with E-state index in [-0.39, 0.29) is 17.1 Å². The summed E-state index contributed by atoms with van der Waals surface area (Å²) in [5.74, 6) is -0.599. The lowest BCUT2D eigenvalue weighted by Gasteiger charge is -2.09. The molecule has 0 atom stereocenters. The van der Waals surface area contributed by atoms with Crippen molar-refractivity contribution in [1.82, 2.24) is 0 Å². The first-order valence-corrected chi connectivity index (χ1v) is 8.79. The molecule has 0 bridgehead atoms. The molecule has 3 rings (SSSR count). The van der Waals surface area contributed by atoms with Gasteiger partial charge in [-0.2, -0.15) is 0 Å². The molecule has 2 aromatic carbocycles. The van der Waals surface area contributed by atoms with Crippen LogP contribution in [0.2, 0.25) is 0 Å². The minimum atomic E-state index is -0.690. The zero-order valence-electron chi connectivity index (χ0n) is 16.2. The van der Waals surface area contributed by atoms with Gasteiger partial charge in [0.15, 0.2) is 12.4 Å². The Kier molecular flexibility index (Phi) is 6.49. The maximum atomic E-state index is 12.3. The number of esters is 2. The van der Waals surface area contributed by atoms with Crippen molar-refractivity contribution in [3.8, 4) is 17.2 Å². The normalized spacial score (nSPS) is 10.2. The molecule has 0 spiro atoms. The first kappa shape index (κ1) is 20.7. The number of ketones is 1. The van der Waals surface area contributed by atoms with Crippen LogP contribution in [0.5, 0.6) is 17.2 Å². The van der Waals surface area contributed by atoms with Gasteiger partial charge in [0.05, 0.1) is 26.0 Å². The molecule has 0 unspecified atom stereocenters. The lowest BCUT2D eigenvalue weighted by molar-refractivity contribution is 0.0474. The summed E-state index contributed by atoms with van der Waals surface area (Å²) in [5, 5.41) is 0. The number of hydrogen-bond donors (Lipinski definition) is 0. The van der Waals surface area contributed by atoms with Crippen LogP contribution in [0.3, 0.4) is 0 Å². The number of carbonyl (C=O) groups excluding carboxylic acids is 3. The fourth-order valence-corrected chi connectivity index (χ4v) is 2.48. The highest BCUT2D eigenvalue weighted by molar-refractivity contribution is 5.99. The van der Waals surface area contributed by atoms with Crippen LogP contribution in [0.15, 0.2) is 65.3 Å². The van der Waals surface area contributed by atoms with Gasteiger partial charge in [-0.15, -0.1) is 0 Å². The molecule has 0 aliphatic rings. The Morgan fingerprint density at radius 2 is 1.47 bits per heavy atom. The smallest absolute Gasteiger partial charge is 0.379 e. The average molecular weight is 410 g/mol. The molecule has 1 aromatic heterocycles. The summed E-state index contributed by atoms with van der Waals surface area (Å²) in [7, 11) is 2.92. The highest BCUT2D eigenvalue weighted by Gasteiger charge is 2.15. The van der Waals surface area contributed by atoms with Gasteiger partial charge in [-0.1, -0.05) is 0 Å². The summed E-state index contributed by atoms with van der Waals surface area (Å²) < 4.78 is 25.4. The Balaban J connectivity index is 1.58. The van der Waals surface area contributed by atoms with E-state index in [0.717, 1.165) is 0 Å². The van der Waals surface area contributed by atoms with Crippen molar-refractivity contribution in [2.75, 3.05) is 20.8 Å². The number of carbonyl (C=O) groups is 3. The molecular weight excluding hydrogens is 392 g/mol. The third-order valence-corrected chi connectivity index (χ3v) is 4.03. The molecule has 1 heterocycles. The van der Waals surface area contributed by atoms with Gasteiger partial charge in [-0.3, -0.25) is 4.79 Å². The molecule has 0 radical (unpaired) electrons. The van der Waals surface area contributed by atoms with Gasteiger partial charge in [-0.25, -0.2) is 9.59 Å². The summed E-state index contributed by atoms with van der Waals surface area (Å²) in [6, 6.07) is 13.5. The van der Waals surface area contributed by atoms with Crippen LogP contribution >= 0.6 is 0 Å². The summed E-state index contributed by atoms with van der Waals surface area (Å²) in [5.41, 5.74) is 0.489. The summed E-state index contributed by atoms with van der Waals surface area (Å²) in [6.45, 7) is -0.454. The zero-order chi connectivity index (χ0) is 21.5. The van der Waals surface area contributed by atoms with Crippen molar-refractivity contribution >= 4 is 17.7 Å². The average Bonchev–Trinajstić information content (AvgIpc) is 3.32. The van der Waals surface area contributed by atoms with E-state index in [0.29, 0.717) is 17.1 Å². The van der Waals surface area contributed by atoms with Crippen LogP contribution in [0.1, 0.15) is 31.3 Å². The highest BCUT2D eigenvalue weighted by Crippen LogP contribution is 2.23. The maximum absolute atomic E-state index is 12.3. The molecule has 0 saturated heterocycles. The van der Waals surface area contributed by atoms with E-state index in [4.69, 9.17) is 23.4 Å². The maximum Gasteiger partial charge on any atom is 0.379 e. The van der Waals surface area contributed by atoms with Crippen molar-refractivity contribution in [2.24, 2.45) is 0 Å². The van der Waals surface area contributed by atoms with Gasteiger partial charge in [-0.05, 0) is 48.5 Å². The Hall–Kier alpha value is -4.07. The fraction of sp³-hybridized carbons (Fsp3) is 0.136. The van der Waals surface area contributed by atoms with Crippen molar-refractivity contribution < 1.29 is 37.7 Å².